The van der Waals surface area contributed by atoms with Crippen LogP contribution in [0.5, 0.6) is 11.5 Å². The highest BCUT2D eigenvalue weighted by molar-refractivity contribution is 5.98. The van der Waals surface area contributed by atoms with E-state index in [1.165, 1.54) is 43.5 Å². The molecule has 1 saturated heterocycles. The van der Waals surface area contributed by atoms with Crippen LogP contribution in [-0.4, -0.2) is 37.1 Å². The fraction of sp³-hybridized carbons (Fsp3) is 0.323. The summed E-state index contributed by atoms with van der Waals surface area (Å²) in [4.78, 5) is 14.2. The third kappa shape index (κ3) is 6.83. The molecule has 0 saturated carbocycles. The van der Waals surface area contributed by atoms with Crippen molar-refractivity contribution >= 4 is 17.1 Å². The number of ether oxygens (including phenoxy) is 2. The van der Waals surface area contributed by atoms with Gasteiger partial charge >= 0.3 is 5.97 Å². The number of rotatable bonds is 9. The second-order valence-corrected chi connectivity index (χ2v) is 8.99. The van der Waals surface area contributed by atoms with Crippen LogP contribution in [0, 0.1) is 0 Å². The summed E-state index contributed by atoms with van der Waals surface area (Å²) in [6.45, 7) is 8.01. The summed E-state index contributed by atoms with van der Waals surface area (Å²) in [5, 5.41) is 0. The fourth-order valence-electron chi connectivity index (χ4n) is 4.52. The van der Waals surface area contributed by atoms with Gasteiger partial charge in [-0.15, -0.1) is 0 Å². The lowest BCUT2D eigenvalue weighted by atomic mass is 9.90. The Balaban J connectivity index is 1.55. The predicted octanol–water partition coefficient (Wildman–Crippen LogP) is 6.85. The number of nitrogens with zero attached hydrogens (tertiary/aromatic N) is 1. The second-order valence-electron chi connectivity index (χ2n) is 8.99. The summed E-state index contributed by atoms with van der Waals surface area (Å²) in [6, 6.07) is 26.5. The molecule has 0 N–H and O–H groups in total. The first kappa shape index (κ1) is 24.7. The molecule has 0 bridgehead atoms. The van der Waals surface area contributed by atoms with Crippen molar-refractivity contribution in [1.29, 1.82) is 0 Å². The average molecular weight is 470 g/mol. The molecule has 1 fully saturated rings. The molecule has 0 aromatic heterocycles. The summed E-state index contributed by atoms with van der Waals surface area (Å²) in [6.07, 6.45) is 4.30. The number of hydrogen-bond donors (Lipinski definition) is 0. The largest absolute Gasteiger partial charge is 0.492 e. The van der Waals surface area contributed by atoms with Crippen molar-refractivity contribution in [3.05, 3.63) is 95.6 Å². The normalized spacial score (nSPS) is 14.8. The lowest BCUT2D eigenvalue weighted by molar-refractivity contribution is -0.134. The van der Waals surface area contributed by atoms with Crippen LogP contribution in [0.4, 0.5) is 0 Å². The highest BCUT2D eigenvalue weighted by Gasteiger charge is 2.13. The molecule has 0 aliphatic carbocycles. The van der Waals surface area contributed by atoms with Gasteiger partial charge in [0, 0.05) is 13.0 Å². The lowest BCUT2D eigenvalue weighted by Gasteiger charge is -2.26. The summed E-state index contributed by atoms with van der Waals surface area (Å²) in [7, 11) is 0. The van der Waals surface area contributed by atoms with Crippen LogP contribution in [-0.2, 0) is 4.79 Å². The zero-order valence-electron chi connectivity index (χ0n) is 20.8. The standard InChI is InChI=1S/C31H35NO3/c1-3-30(33)35-29-18-14-27(15-19-29)31(24(2)25-10-6-4-7-11-25)26-12-16-28(17-13-26)34-23-22-32-20-8-5-9-21-32/h4,6-7,10-19H,3,5,8-9,20-23H2,1-2H3/b31-24+. The first-order valence-corrected chi connectivity index (χ1v) is 12.7. The van der Waals surface area contributed by atoms with Crippen molar-refractivity contribution in [2.45, 2.75) is 39.5 Å². The monoisotopic (exact) mass is 469 g/mol. The van der Waals surface area contributed by atoms with Gasteiger partial charge in [0.2, 0.25) is 0 Å². The third-order valence-corrected chi connectivity index (χ3v) is 6.51. The molecule has 182 valence electrons. The summed E-state index contributed by atoms with van der Waals surface area (Å²) in [5.41, 5.74) is 5.69. The van der Waals surface area contributed by atoms with Gasteiger partial charge in [-0.05, 0) is 85.0 Å². The van der Waals surface area contributed by atoms with Gasteiger partial charge in [-0.1, -0.05) is 67.9 Å². The van der Waals surface area contributed by atoms with Crippen LogP contribution in [0.25, 0.3) is 11.1 Å². The van der Waals surface area contributed by atoms with E-state index in [4.69, 9.17) is 9.47 Å². The van der Waals surface area contributed by atoms with Gasteiger partial charge in [0.25, 0.3) is 0 Å². The molecule has 35 heavy (non-hydrogen) atoms. The molecule has 1 aliphatic heterocycles. The van der Waals surface area contributed by atoms with Crippen molar-refractivity contribution < 1.29 is 14.3 Å². The number of carbonyl (C=O) groups is 1. The van der Waals surface area contributed by atoms with E-state index >= 15 is 0 Å². The van der Waals surface area contributed by atoms with E-state index in [-0.39, 0.29) is 5.97 Å². The zero-order chi connectivity index (χ0) is 24.5. The van der Waals surface area contributed by atoms with E-state index in [0.29, 0.717) is 18.8 Å². The SMILES string of the molecule is CCC(=O)Oc1ccc(/C(=C(\C)c2ccccc2)c2ccc(OCCN3CCCCC3)cc2)cc1. The van der Waals surface area contributed by atoms with Gasteiger partial charge in [-0.25, -0.2) is 0 Å². The Hall–Kier alpha value is -3.37. The van der Waals surface area contributed by atoms with E-state index < -0.39 is 0 Å². The Bertz CT molecular complexity index is 1110. The van der Waals surface area contributed by atoms with Crippen LogP contribution in [0.2, 0.25) is 0 Å². The van der Waals surface area contributed by atoms with E-state index in [1.54, 1.807) is 6.92 Å². The van der Waals surface area contributed by atoms with Crippen LogP contribution < -0.4 is 9.47 Å². The fourth-order valence-corrected chi connectivity index (χ4v) is 4.52. The molecule has 0 spiro atoms. The highest BCUT2D eigenvalue weighted by atomic mass is 16.5. The molecule has 3 aromatic carbocycles. The molecule has 0 radical (unpaired) electrons. The van der Waals surface area contributed by atoms with Crippen molar-refractivity contribution in [2.24, 2.45) is 0 Å². The summed E-state index contributed by atoms with van der Waals surface area (Å²) in [5.74, 6) is 1.23. The minimum Gasteiger partial charge on any atom is -0.492 e. The molecule has 4 rings (SSSR count). The number of allylic oxidation sites excluding steroid dienone is 1. The lowest BCUT2D eigenvalue weighted by Crippen LogP contribution is -2.33. The van der Waals surface area contributed by atoms with Gasteiger partial charge in [-0.2, -0.15) is 0 Å². The maximum Gasteiger partial charge on any atom is 0.310 e. The molecular weight excluding hydrogens is 434 g/mol. The summed E-state index contributed by atoms with van der Waals surface area (Å²) >= 11 is 0. The number of piperidine rings is 1. The van der Waals surface area contributed by atoms with E-state index in [9.17, 15) is 4.79 Å². The quantitative estimate of drug-likeness (QED) is 0.195. The predicted molar refractivity (Wildman–Crippen MR) is 143 cm³/mol. The minimum atomic E-state index is -0.232. The van der Waals surface area contributed by atoms with Crippen molar-refractivity contribution in [3.8, 4) is 11.5 Å². The maximum atomic E-state index is 11.7. The van der Waals surface area contributed by atoms with Gasteiger partial charge < -0.3 is 9.47 Å². The third-order valence-electron chi connectivity index (χ3n) is 6.51. The zero-order valence-corrected chi connectivity index (χ0v) is 20.8. The number of benzene rings is 3. The van der Waals surface area contributed by atoms with Crippen molar-refractivity contribution in [1.82, 2.24) is 4.90 Å². The highest BCUT2D eigenvalue weighted by Crippen LogP contribution is 2.33. The van der Waals surface area contributed by atoms with E-state index in [1.807, 2.05) is 30.3 Å². The second kappa shape index (κ2) is 12.4. The van der Waals surface area contributed by atoms with Crippen LogP contribution in [0.3, 0.4) is 0 Å². The Morgan fingerprint density at radius 2 is 1.37 bits per heavy atom. The average Bonchev–Trinajstić information content (AvgIpc) is 2.91. The molecule has 1 aliphatic rings. The van der Waals surface area contributed by atoms with Crippen molar-refractivity contribution in [3.63, 3.8) is 0 Å². The van der Waals surface area contributed by atoms with E-state index in [2.05, 4.69) is 60.4 Å². The maximum absolute atomic E-state index is 11.7. The van der Waals surface area contributed by atoms with Gasteiger partial charge in [0.05, 0.1) is 0 Å². The summed E-state index contributed by atoms with van der Waals surface area (Å²) < 4.78 is 11.4. The molecule has 4 heteroatoms. The van der Waals surface area contributed by atoms with Gasteiger partial charge in [0.1, 0.15) is 18.1 Å². The molecular formula is C31H35NO3. The van der Waals surface area contributed by atoms with Gasteiger partial charge in [-0.3, -0.25) is 9.69 Å². The molecule has 0 unspecified atom stereocenters. The smallest absolute Gasteiger partial charge is 0.310 e. The Labute approximate surface area is 209 Å². The Kier molecular flexibility index (Phi) is 8.74. The number of esters is 1. The Morgan fingerprint density at radius 1 is 0.771 bits per heavy atom. The first-order chi connectivity index (χ1) is 17.1. The Morgan fingerprint density at radius 3 is 1.97 bits per heavy atom. The first-order valence-electron chi connectivity index (χ1n) is 12.7. The molecule has 1 heterocycles. The number of likely N-dealkylation sites (tertiary alicyclic amines) is 1. The molecule has 0 amide bonds. The molecule has 3 aromatic rings. The van der Waals surface area contributed by atoms with Crippen LogP contribution in [0.1, 0.15) is 56.2 Å². The van der Waals surface area contributed by atoms with Crippen molar-refractivity contribution in [2.75, 3.05) is 26.2 Å². The minimum absolute atomic E-state index is 0.232. The van der Waals surface area contributed by atoms with Crippen LogP contribution in [0.15, 0.2) is 78.9 Å². The van der Waals surface area contributed by atoms with E-state index in [0.717, 1.165) is 29.0 Å². The molecule has 0 atom stereocenters. The van der Waals surface area contributed by atoms with Crippen LogP contribution >= 0.6 is 0 Å². The topological polar surface area (TPSA) is 38.8 Å². The number of carbonyl (C=O) groups excluding carboxylic acids is 1. The number of hydrogen-bond acceptors (Lipinski definition) is 4. The van der Waals surface area contributed by atoms with Gasteiger partial charge in [0.15, 0.2) is 0 Å². The molecule has 4 nitrogen and oxygen atoms in total.